The molecule has 6 nitrogen and oxygen atoms in total. The van der Waals surface area contributed by atoms with E-state index in [1.165, 1.54) is 22.0 Å². The number of non-ortho nitro benzene ring substituents is 1. The first kappa shape index (κ1) is 22.9. The quantitative estimate of drug-likeness (QED) is 0.168. The second-order valence-corrected chi connectivity index (χ2v) is 8.77. The van der Waals surface area contributed by atoms with E-state index in [2.05, 4.69) is 41.1 Å². The van der Waals surface area contributed by atoms with Crippen LogP contribution >= 0.6 is 0 Å². The molecule has 6 rings (SSSR count). The number of benzene rings is 4. The van der Waals surface area contributed by atoms with Crippen molar-refractivity contribution in [2.45, 2.75) is 0 Å². The Balaban J connectivity index is 0.000000149. The largest absolute Gasteiger partial charge is 0.399 e. The molecule has 0 amide bonds. The van der Waals surface area contributed by atoms with E-state index in [9.17, 15) is 10.1 Å². The predicted octanol–water partition coefficient (Wildman–Crippen LogP) is 7.18. The maximum atomic E-state index is 10.8. The number of hydrogen-bond acceptors (Lipinski definition) is 3. The molecule has 0 fully saturated rings. The van der Waals surface area contributed by atoms with Gasteiger partial charge in [-0.15, -0.1) is 0 Å². The van der Waals surface area contributed by atoms with Crippen LogP contribution in [0, 0.1) is 10.1 Å². The van der Waals surface area contributed by atoms with E-state index in [1.807, 2.05) is 79.5 Å². The lowest BCUT2D eigenvalue weighted by atomic mass is 10.0. The Kier molecular flexibility index (Phi) is 6.00. The Morgan fingerprint density at radius 2 is 1.14 bits per heavy atom. The van der Waals surface area contributed by atoms with Crippen LogP contribution in [0.2, 0.25) is 0 Å². The van der Waals surface area contributed by atoms with E-state index < -0.39 is 0 Å². The monoisotopic (exact) mass is 474 g/mol. The van der Waals surface area contributed by atoms with Gasteiger partial charge in [-0.2, -0.15) is 0 Å². The minimum atomic E-state index is -0.366. The molecular formula is C30H26N4O2. The summed E-state index contributed by atoms with van der Waals surface area (Å²) in [5, 5.41) is 13.1. The van der Waals surface area contributed by atoms with Crippen molar-refractivity contribution in [3.8, 4) is 22.3 Å². The molecule has 4 aromatic carbocycles. The van der Waals surface area contributed by atoms with Crippen LogP contribution in [0.1, 0.15) is 0 Å². The number of nitrogen functional groups attached to an aromatic ring is 1. The number of aryl methyl sites for hydroxylation is 2. The molecule has 36 heavy (non-hydrogen) atoms. The lowest BCUT2D eigenvalue weighted by molar-refractivity contribution is -0.384. The Labute approximate surface area is 209 Å². The van der Waals surface area contributed by atoms with Gasteiger partial charge in [-0.05, 0) is 29.3 Å². The molecule has 0 spiro atoms. The summed E-state index contributed by atoms with van der Waals surface area (Å²) in [6.07, 6.45) is 4.16. The highest BCUT2D eigenvalue weighted by Gasteiger charge is 2.13. The Bertz CT molecular complexity index is 1680. The van der Waals surface area contributed by atoms with Gasteiger partial charge in [0, 0.05) is 66.2 Å². The SMILES string of the molecule is Cn1cc(-c2ccccc2)c2ccc(N)cc21.Cn1cc(-c2ccccc2)c2ccc([N+](=O)[O-])cc21. The average Bonchev–Trinajstić information content (AvgIpc) is 3.41. The molecule has 0 unspecified atom stereocenters. The summed E-state index contributed by atoms with van der Waals surface area (Å²) in [5.74, 6) is 0. The van der Waals surface area contributed by atoms with E-state index in [1.54, 1.807) is 12.1 Å². The Morgan fingerprint density at radius 3 is 1.64 bits per heavy atom. The predicted molar refractivity (Wildman–Crippen MR) is 148 cm³/mol. The average molecular weight is 475 g/mol. The summed E-state index contributed by atoms with van der Waals surface area (Å²) in [5.41, 5.74) is 13.5. The van der Waals surface area contributed by atoms with Crippen LogP contribution < -0.4 is 5.73 Å². The van der Waals surface area contributed by atoms with Crippen molar-refractivity contribution in [1.82, 2.24) is 9.13 Å². The fourth-order valence-electron chi connectivity index (χ4n) is 4.58. The van der Waals surface area contributed by atoms with E-state index in [-0.39, 0.29) is 10.6 Å². The zero-order chi connectivity index (χ0) is 25.2. The molecule has 0 bridgehead atoms. The first-order valence-corrected chi connectivity index (χ1v) is 11.6. The highest BCUT2D eigenvalue weighted by Crippen LogP contribution is 2.32. The van der Waals surface area contributed by atoms with Gasteiger partial charge in [0.25, 0.3) is 5.69 Å². The number of nitrogens with two attached hydrogens (primary N) is 1. The second kappa shape index (κ2) is 9.43. The first-order valence-electron chi connectivity index (χ1n) is 11.6. The molecule has 2 N–H and O–H groups in total. The number of hydrogen-bond donors (Lipinski definition) is 1. The molecule has 0 saturated heterocycles. The Hall–Kier alpha value is -4.84. The van der Waals surface area contributed by atoms with Gasteiger partial charge in [0.2, 0.25) is 0 Å². The van der Waals surface area contributed by atoms with Crippen molar-refractivity contribution in [3.63, 3.8) is 0 Å². The van der Waals surface area contributed by atoms with Crippen LogP contribution in [0.15, 0.2) is 109 Å². The minimum absolute atomic E-state index is 0.119. The lowest BCUT2D eigenvalue weighted by Gasteiger charge is -1.99. The maximum Gasteiger partial charge on any atom is 0.271 e. The van der Waals surface area contributed by atoms with Crippen LogP contribution in [-0.4, -0.2) is 14.1 Å². The van der Waals surface area contributed by atoms with Crippen LogP contribution in [0.4, 0.5) is 11.4 Å². The summed E-state index contributed by atoms with van der Waals surface area (Å²) < 4.78 is 4.04. The number of rotatable bonds is 3. The van der Waals surface area contributed by atoms with Gasteiger partial charge in [-0.25, -0.2) is 0 Å². The van der Waals surface area contributed by atoms with Crippen LogP contribution in [0.3, 0.4) is 0 Å². The summed E-state index contributed by atoms with van der Waals surface area (Å²) >= 11 is 0. The van der Waals surface area contributed by atoms with Gasteiger partial charge >= 0.3 is 0 Å². The van der Waals surface area contributed by atoms with Gasteiger partial charge in [0.1, 0.15) is 0 Å². The molecule has 0 saturated carbocycles. The van der Waals surface area contributed by atoms with E-state index in [0.29, 0.717) is 0 Å². The summed E-state index contributed by atoms with van der Waals surface area (Å²) in [4.78, 5) is 10.5. The van der Waals surface area contributed by atoms with Crippen molar-refractivity contribution in [3.05, 3.63) is 120 Å². The van der Waals surface area contributed by atoms with Crippen molar-refractivity contribution in [1.29, 1.82) is 0 Å². The molecule has 0 radical (unpaired) electrons. The molecule has 178 valence electrons. The third-order valence-electron chi connectivity index (χ3n) is 6.37. The number of anilines is 1. The fourth-order valence-corrected chi connectivity index (χ4v) is 4.58. The highest BCUT2D eigenvalue weighted by molar-refractivity contribution is 5.98. The van der Waals surface area contributed by atoms with Gasteiger partial charge in [0.05, 0.1) is 16.0 Å². The zero-order valence-electron chi connectivity index (χ0n) is 20.1. The number of nitrogens with zero attached hydrogens (tertiary/aromatic N) is 3. The summed E-state index contributed by atoms with van der Waals surface area (Å²) in [7, 11) is 3.95. The van der Waals surface area contributed by atoms with Crippen molar-refractivity contribution < 1.29 is 4.92 Å². The molecule has 2 aromatic heterocycles. The first-order chi connectivity index (χ1) is 17.4. The second-order valence-electron chi connectivity index (χ2n) is 8.77. The fraction of sp³-hybridized carbons (Fsp3) is 0.0667. The smallest absolute Gasteiger partial charge is 0.271 e. The molecule has 0 atom stereocenters. The standard InChI is InChI=1S/C15H12N2O2.C15H14N2/c1-16-10-14(11-5-3-2-4-6-11)13-8-7-12(17(18)19)9-15(13)16;1-17-10-14(11-5-3-2-4-6-11)13-8-7-12(16)9-15(13)17/h2-10H,1H3;2-10H,16H2,1H3. The molecular weight excluding hydrogens is 448 g/mol. The molecule has 0 aliphatic heterocycles. The molecule has 0 aliphatic rings. The normalized spacial score (nSPS) is 10.8. The van der Waals surface area contributed by atoms with Gasteiger partial charge < -0.3 is 14.9 Å². The number of aromatic nitrogens is 2. The molecule has 6 aromatic rings. The van der Waals surface area contributed by atoms with Crippen molar-refractivity contribution in [2.24, 2.45) is 14.1 Å². The number of fused-ring (bicyclic) bond motifs is 2. The van der Waals surface area contributed by atoms with E-state index in [4.69, 9.17) is 5.73 Å². The molecule has 2 heterocycles. The third kappa shape index (κ3) is 4.32. The van der Waals surface area contributed by atoms with Crippen LogP contribution in [0.5, 0.6) is 0 Å². The van der Waals surface area contributed by atoms with Gasteiger partial charge in [-0.1, -0.05) is 66.7 Å². The molecule has 6 heteroatoms. The third-order valence-corrected chi connectivity index (χ3v) is 6.37. The number of nitro groups is 1. The van der Waals surface area contributed by atoms with E-state index >= 15 is 0 Å². The topological polar surface area (TPSA) is 79.0 Å². The van der Waals surface area contributed by atoms with Crippen LogP contribution in [0.25, 0.3) is 44.1 Å². The minimum Gasteiger partial charge on any atom is -0.399 e. The summed E-state index contributed by atoms with van der Waals surface area (Å²) in [6, 6.07) is 31.5. The van der Waals surface area contributed by atoms with Gasteiger partial charge in [-0.3, -0.25) is 10.1 Å². The maximum absolute atomic E-state index is 10.8. The van der Waals surface area contributed by atoms with Crippen LogP contribution in [-0.2, 0) is 14.1 Å². The van der Waals surface area contributed by atoms with E-state index in [0.717, 1.165) is 27.7 Å². The van der Waals surface area contributed by atoms with Crippen molar-refractivity contribution >= 4 is 33.2 Å². The number of nitro benzene ring substituents is 1. The highest BCUT2D eigenvalue weighted by atomic mass is 16.6. The van der Waals surface area contributed by atoms with Gasteiger partial charge in [0.15, 0.2) is 0 Å². The van der Waals surface area contributed by atoms with Crippen molar-refractivity contribution in [2.75, 3.05) is 5.73 Å². The molecule has 0 aliphatic carbocycles. The Morgan fingerprint density at radius 1 is 0.667 bits per heavy atom. The zero-order valence-corrected chi connectivity index (χ0v) is 20.1. The lowest BCUT2D eigenvalue weighted by Crippen LogP contribution is -1.89. The summed E-state index contributed by atoms with van der Waals surface area (Å²) in [6.45, 7) is 0.